The Balaban J connectivity index is 1.57. The first-order valence-corrected chi connectivity index (χ1v) is 10.1. The molecule has 136 valence electrons. The zero-order valence-electron chi connectivity index (χ0n) is 14.8. The van der Waals surface area contributed by atoms with Gasteiger partial charge in [-0.1, -0.05) is 19.4 Å². The zero-order valence-corrected chi connectivity index (χ0v) is 15.6. The summed E-state index contributed by atoms with van der Waals surface area (Å²) in [6.45, 7) is 6.26. The Morgan fingerprint density at radius 1 is 1.28 bits per heavy atom. The van der Waals surface area contributed by atoms with Gasteiger partial charge in [0.25, 0.3) is 0 Å². The van der Waals surface area contributed by atoms with Crippen LogP contribution in [0.1, 0.15) is 60.7 Å². The molecule has 1 aromatic heterocycles. The van der Waals surface area contributed by atoms with Crippen molar-refractivity contribution in [2.45, 2.75) is 57.4 Å². The molecule has 0 atom stereocenters. The minimum Gasteiger partial charge on any atom is -0.343 e. The fourth-order valence-electron chi connectivity index (χ4n) is 3.70. The SMILES string of the molecule is C=CC(=O)N(CCC(=O)N1CCCC1)Cc1cnc(C2CCCC2)s1. The predicted molar refractivity (Wildman–Crippen MR) is 99.4 cm³/mol. The van der Waals surface area contributed by atoms with E-state index in [1.165, 1.54) is 36.8 Å². The van der Waals surface area contributed by atoms with Crippen molar-refractivity contribution in [3.05, 3.63) is 28.7 Å². The summed E-state index contributed by atoms with van der Waals surface area (Å²) in [5.41, 5.74) is 0. The molecular weight excluding hydrogens is 334 g/mol. The van der Waals surface area contributed by atoms with E-state index >= 15 is 0 Å². The van der Waals surface area contributed by atoms with E-state index in [-0.39, 0.29) is 11.8 Å². The number of rotatable bonds is 7. The Hall–Kier alpha value is -1.69. The van der Waals surface area contributed by atoms with Crippen LogP contribution in [0.2, 0.25) is 0 Å². The van der Waals surface area contributed by atoms with Crippen molar-refractivity contribution in [2.75, 3.05) is 19.6 Å². The quantitative estimate of drug-likeness (QED) is 0.700. The number of carbonyl (C=O) groups is 2. The van der Waals surface area contributed by atoms with Crippen LogP contribution in [0.15, 0.2) is 18.9 Å². The molecule has 2 heterocycles. The number of carbonyl (C=O) groups excluding carboxylic acids is 2. The van der Waals surface area contributed by atoms with Gasteiger partial charge in [-0.2, -0.15) is 0 Å². The van der Waals surface area contributed by atoms with Crippen LogP contribution < -0.4 is 0 Å². The Morgan fingerprint density at radius 3 is 2.68 bits per heavy atom. The highest BCUT2D eigenvalue weighted by Gasteiger charge is 2.22. The summed E-state index contributed by atoms with van der Waals surface area (Å²) in [5, 5.41) is 1.20. The first kappa shape index (κ1) is 18.1. The number of hydrogen-bond acceptors (Lipinski definition) is 4. The Bertz CT molecular complexity index is 616. The molecule has 5 nitrogen and oxygen atoms in total. The summed E-state index contributed by atoms with van der Waals surface area (Å²) in [5.74, 6) is 0.624. The highest BCUT2D eigenvalue weighted by Crippen LogP contribution is 2.36. The van der Waals surface area contributed by atoms with E-state index in [1.807, 2.05) is 11.1 Å². The standard InChI is InChI=1S/C19H27N3O2S/c1-2-17(23)22(12-9-18(24)21-10-5-6-11-21)14-16-13-20-19(25-16)15-7-3-4-8-15/h2,13,15H,1,3-12,14H2. The normalized spacial score (nSPS) is 17.8. The molecule has 0 aromatic carbocycles. The molecule has 1 aliphatic heterocycles. The minimum atomic E-state index is -0.120. The van der Waals surface area contributed by atoms with Gasteiger partial charge in [0.1, 0.15) is 0 Å². The smallest absolute Gasteiger partial charge is 0.246 e. The largest absolute Gasteiger partial charge is 0.343 e. The van der Waals surface area contributed by atoms with Crippen LogP contribution in [0, 0.1) is 0 Å². The first-order valence-electron chi connectivity index (χ1n) is 9.31. The monoisotopic (exact) mass is 361 g/mol. The summed E-state index contributed by atoms with van der Waals surface area (Å²) in [6, 6.07) is 0. The second-order valence-electron chi connectivity index (χ2n) is 6.95. The van der Waals surface area contributed by atoms with Crippen molar-refractivity contribution in [1.29, 1.82) is 0 Å². The summed E-state index contributed by atoms with van der Waals surface area (Å²) >= 11 is 1.71. The fourth-order valence-corrected chi connectivity index (χ4v) is 4.80. The van der Waals surface area contributed by atoms with Gasteiger partial charge in [0.05, 0.1) is 11.6 Å². The van der Waals surface area contributed by atoms with E-state index in [0.29, 0.717) is 25.4 Å². The van der Waals surface area contributed by atoms with E-state index in [2.05, 4.69) is 11.6 Å². The molecule has 0 N–H and O–H groups in total. The van der Waals surface area contributed by atoms with Crippen LogP contribution in [0.4, 0.5) is 0 Å². The number of thiazole rings is 1. The van der Waals surface area contributed by atoms with Crippen LogP contribution in [-0.4, -0.2) is 46.2 Å². The average Bonchev–Trinajstić information content (AvgIpc) is 3.38. The van der Waals surface area contributed by atoms with E-state index in [1.54, 1.807) is 16.2 Å². The maximum atomic E-state index is 12.2. The van der Waals surface area contributed by atoms with Gasteiger partial charge in [-0.25, -0.2) is 4.98 Å². The zero-order chi connectivity index (χ0) is 17.6. The van der Waals surface area contributed by atoms with Crippen LogP contribution in [0.25, 0.3) is 0 Å². The first-order chi connectivity index (χ1) is 12.2. The Morgan fingerprint density at radius 2 is 2.00 bits per heavy atom. The van der Waals surface area contributed by atoms with Gasteiger partial charge in [-0.15, -0.1) is 11.3 Å². The molecule has 25 heavy (non-hydrogen) atoms. The third kappa shape index (κ3) is 4.69. The number of nitrogens with zero attached hydrogens (tertiary/aromatic N) is 3. The average molecular weight is 362 g/mol. The third-order valence-electron chi connectivity index (χ3n) is 5.16. The van der Waals surface area contributed by atoms with Crippen LogP contribution in [0.3, 0.4) is 0 Å². The van der Waals surface area contributed by atoms with Crippen LogP contribution >= 0.6 is 11.3 Å². The summed E-state index contributed by atoms with van der Waals surface area (Å²) in [4.78, 5) is 33.7. The van der Waals surface area contributed by atoms with E-state index < -0.39 is 0 Å². The fraction of sp³-hybridized carbons (Fsp3) is 0.632. The molecule has 0 bridgehead atoms. The van der Waals surface area contributed by atoms with Crippen molar-refractivity contribution in [1.82, 2.24) is 14.8 Å². The molecule has 1 saturated heterocycles. The lowest BCUT2D eigenvalue weighted by molar-refractivity contribution is -0.132. The van der Waals surface area contributed by atoms with Gasteiger partial charge in [-0.05, 0) is 31.8 Å². The number of amides is 2. The Labute approximate surface area is 153 Å². The van der Waals surface area contributed by atoms with Crippen molar-refractivity contribution in [3.63, 3.8) is 0 Å². The molecule has 1 saturated carbocycles. The minimum absolute atomic E-state index is 0.120. The molecular formula is C19H27N3O2S. The molecule has 0 spiro atoms. The van der Waals surface area contributed by atoms with Gasteiger partial charge in [-0.3, -0.25) is 9.59 Å². The summed E-state index contributed by atoms with van der Waals surface area (Å²) in [6.07, 6.45) is 10.8. The molecule has 0 radical (unpaired) electrons. The molecule has 3 rings (SSSR count). The topological polar surface area (TPSA) is 53.5 Å². The number of hydrogen-bond donors (Lipinski definition) is 0. The van der Waals surface area contributed by atoms with Crippen molar-refractivity contribution < 1.29 is 9.59 Å². The van der Waals surface area contributed by atoms with Crippen molar-refractivity contribution in [3.8, 4) is 0 Å². The molecule has 2 amide bonds. The molecule has 2 fully saturated rings. The van der Waals surface area contributed by atoms with Crippen molar-refractivity contribution in [2.24, 2.45) is 0 Å². The second kappa shape index (κ2) is 8.61. The van der Waals surface area contributed by atoms with Crippen molar-refractivity contribution >= 4 is 23.2 Å². The molecule has 2 aliphatic rings. The van der Waals surface area contributed by atoms with E-state index in [9.17, 15) is 9.59 Å². The molecule has 6 heteroatoms. The highest BCUT2D eigenvalue weighted by atomic mass is 32.1. The second-order valence-corrected chi connectivity index (χ2v) is 8.09. The predicted octanol–water partition coefficient (Wildman–Crippen LogP) is 3.33. The number of aromatic nitrogens is 1. The van der Waals surface area contributed by atoms with Gasteiger partial charge in [0.2, 0.25) is 11.8 Å². The number of likely N-dealkylation sites (tertiary alicyclic amines) is 1. The van der Waals surface area contributed by atoms with Gasteiger partial charge in [0, 0.05) is 43.0 Å². The Kier molecular flexibility index (Phi) is 6.24. The van der Waals surface area contributed by atoms with Gasteiger partial charge < -0.3 is 9.80 Å². The lowest BCUT2D eigenvalue weighted by Gasteiger charge is -2.22. The highest BCUT2D eigenvalue weighted by molar-refractivity contribution is 7.11. The van der Waals surface area contributed by atoms with Crippen LogP contribution in [0.5, 0.6) is 0 Å². The van der Waals surface area contributed by atoms with Gasteiger partial charge in [0.15, 0.2) is 0 Å². The molecule has 1 aromatic rings. The lowest BCUT2D eigenvalue weighted by atomic mass is 10.1. The summed E-state index contributed by atoms with van der Waals surface area (Å²) in [7, 11) is 0. The lowest BCUT2D eigenvalue weighted by Crippen LogP contribution is -2.35. The molecule has 1 aliphatic carbocycles. The summed E-state index contributed by atoms with van der Waals surface area (Å²) < 4.78 is 0. The molecule has 0 unspecified atom stereocenters. The van der Waals surface area contributed by atoms with Crippen LogP contribution in [-0.2, 0) is 16.1 Å². The van der Waals surface area contributed by atoms with E-state index in [0.717, 1.165) is 30.8 Å². The van der Waals surface area contributed by atoms with E-state index in [4.69, 9.17) is 0 Å². The maximum absolute atomic E-state index is 12.2. The maximum Gasteiger partial charge on any atom is 0.246 e. The van der Waals surface area contributed by atoms with Gasteiger partial charge >= 0.3 is 0 Å². The third-order valence-corrected chi connectivity index (χ3v) is 6.31.